The number of fused-ring (bicyclic) bond motifs is 1. The molecule has 1 atom stereocenters. The first-order valence-corrected chi connectivity index (χ1v) is 9.27. The third kappa shape index (κ3) is 4.40. The Bertz CT molecular complexity index is 734. The number of carbonyl (C=O) groups is 1. The Hall–Kier alpha value is -2.29. The molecule has 9 heteroatoms. The van der Waals surface area contributed by atoms with Crippen LogP contribution in [0.3, 0.4) is 0 Å². The summed E-state index contributed by atoms with van der Waals surface area (Å²) in [6.07, 6.45) is 3.86. The Kier molecular flexibility index (Phi) is 5.83. The van der Waals surface area contributed by atoms with Crippen molar-refractivity contribution in [2.24, 2.45) is 4.99 Å². The number of nitrogens with zero attached hydrogens (tertiary/aromatic N) is 3. The first-order chi connectivity index (χ1) is 13.2. The van der Waals surface area contributed by atoms with Crippen LogP contribution in [0.15, 0.2) is 40.2 Å². The van der Waals surface area contributed by atoms with Crippen molar-refractivity contribution in [1.82, 2.24) is 15.1 Å². The minimum Gasteiger partial charge on any atom is -0.497 e. The van der Waals surface area contributed by atoms with Gasteiger partial charge < -0.3 is 15.0 Å². The van der Waals surface area contributed by atoms with Crippen molar-refractivity contribution in [1.29, 1.82) is 0 Å². The van der Waals surface area contributed by atoms with Gasteiger partial charge in [0, 0.05) is 56.8 Å². The summed E-state index contributed by atoms with van der Waals surface area (Å²) in [5.41, 5.74) is 1.94. The number of allylic oxidation sites excluding steroid dienone is 2. The highest BCUT2D eigenvalue weighted by Crippen LogP contribution is 2.39. The summed E-state index contributed by atoms with van der Waals surface area (Å²) < 4.78 is 42.1. The van der Waals surface area contributed by atoms with E-state index in [0.29, 0.717) is 19.6 Å². The topological polar surface area (TPSA) is 57.2 Å². The average Bonchev–Trinajstić information content (AvgIpc) is 2.66. The molecule has 0 bridgehead atoms. The third-order valence-electron chi connectivity index (χ3n) is 5.36. The molecule has 28 heavy (non-hydrogen) atoms. The predicted molar refractivity (Wildman–Crippen MR) is 99.8 cm³/mol. The lowest BCUT2D eigenvalue weighted by molar-refractivity contribution is -0.173. The second-order valence-electron chi connectivity index (χ2n) is 7.26. The molecule has 0 aromatic heterocycles. The van der Waals surface area contributed by atoms with E-state index in [4.69, 9.17) is 4.74 Å². The van der Waals surface area contributed by atoms with Crippen LogP contribution in [0, 0.1) is 0 Å². The van der Waals surface area contributed by atoms with E-state index in [2.05, 4.69) is 21.7 Å². The molecule has 6 nitrogen and oxygen atoms in total. The molecule has 2 heterocycles. The largest absolute Gasteiger partial charge is 0.497 e. The Labute approximate surface area is 162 Å². The molecular weight excluding hydrogens is 373 g/mol. The van der Waals surface area contributed by atoms with Crippen LogP contribution in [0.4, 0.5) is 13.2 Å². The molecule has 1 amide bonds. The van der Waals surface area contributed by atoms with Crippen LogP contribution in [0.25, 0.3) is 0 Å². The van der Waals surface area contributed by atoms with E-state index in [1.54, 1.807) is 7.11 Å². The zero-order valence-corrected chi connectivity index (χ0v) is 16.1. The van der Waals surface area contributed by atoms with Gasteiger partial charge in [0.25, 0.3) is 0 Å². The Balaban J connectivity index is 1.55. The minimum atomic E-state index is -4.83. The Morgan fingerprint density at radius 2 is 2.04 bits per heavy atom. The van der Waals surface area contributed by atoms with Crippen molar-refractivity contribution in [3.8, 4) is 0 Å². The lowest BCUT2D eigenvalue weighted by atomic mass is 9.81. The minimum absolute atomic E-state index is 0.0150. The molecule has 1 saturated heterocycles. The quantitative estimate of drug-likeness (QED) is 0.768. The zero-order chi connectivity index (χ0) is 20.4. The fourth-order valence-electron chi connectivity index (χ4n) is 3.66. The normalized spacial score (nSPS) is 25.5. The summed E-state index contributed by atoms with van der Waals surface area (Å²) in [5.74, 6) is -1.06. The molecule has 0 aromatic rings. The number of methoxy groups -OCH3 is 1. The molecule has 3 aliphatic rings. The zero-order valence-electron chi connectivity index (χ0n) is 16.1. The van der Waals surface area contributed by atoms with Crippen molar-refractivity contribution >= 4 is 12.1 Å². The van der Waals surface area contributed by atoms with Gasteiger partial charge in [0.1, 0.15) is 5.76 Å². The molecule has 1 aliphatic carbocycles. The van der Waals surface area contributed by atoms with Crippen LogP contribution in [0.5, 0.6) is 0 Å². The SMILES string of the molecule is COC1=CCC2(C)N=CC=C(N3CCN(CCNC(=O)C(F)(F)F)CC3)C2=C1. The van der Waals surface area contributed by atoms with Gasteiger partial charge in [-0.3, -0.25) is 14.7 Å². The van der Waals surface area contributed by atoms with E-state index < -0.39 is 12.1 Å². The molecule has 154 valence electrons. The van der Waals surface area contributed by atoms with Gasteiger partial charge in [0.15, 0.2) is 0 Å². The number of piperazine rings is 1. The predicted octanol–water partition coefficient (Wildman–Crippen LogP) is 1.87. The molecule has 3 rings (SSSR count). The number of aliphatic imine (C=N–C) groups is 1. The second kappa shape index (κ2) is 7.98. The number of hydrogen-bond donors (Lipinski definition) is 1. The molecule has 1 N–H and O–H groups in total. The molecule has 0 saturated carbocycles. The van der Waals surface area contributed by atoms with E-state index in [0.717, 1.165) is 36.5 Å². The summed E-state index contributed by atoms with van der Waals surface area (Å²) in [6, 6.07) is 0. The average molecular weight is 398 g/mol. The Morgan fingerprint density at radius 3 is 2.68 bits per heavy atom. The van der Waals surface area contributed by atoms with Crippen LogP contribution in [-0.2, 0) is 9.53 Å². The smallest absolute Gasteiger partial charge is 0.471 e. The molecule has 0 aromatic carbocycles. The molecule has 0 radical (unpaired) electrons. The van der Waals surface area contributed by atoms with Gasteiger partial charge in [0.05, 0.1) is 12.6 Å². The molecule has 0 spiro atoms. The Morgan fingerprint density at radius 1 is 1.32 bits per heavy atom. The number of ether oxygens (including phenoxy) is 1. The van der Waals surface area contributed by atoms with E-state index in [1.165, 1.54) is 0 Å². The van der Waals surface area contributed by atoms with Gasteiger partial charge in [-0.25, -0.2) is 0 Å². The number of hydrogen-bond acceptors (Lipinski definition) is 5. The molecule has 1 fully saturated rings. The number of alkyl halides is 3. The summed E-state index contributed by atoms with van der Waals surface area (Å²) in [6.45, 7) is 5.43. The van der Waals surface area contributed by atoms with Crippen LogP contribution in [0.2, 0.25) is 0 Å². The number of rotatable bonds is 5. The van der Waals surface area contributed by atoms with Crippen molar-refractivity contribution in [2.75, 3.05) is 46.4 Å². The fraction of sp³-hybridized carbons (Fsp3) is 0.579. The van der Waals surface area contributed by atoms with Gasteiger partial charge >= 0.3 is 12.1 Å². The third-order valence-corrected chi connectivity index (χ3v) is 5.36. The number of amides is 1. The number of nitrogens with one attached hydrogen (secondary N) is 1. The maximum absolute atomic E-state index is 12.2. The van der Waals surface area contributed by atoms with Crippen LogP contribution in [0.1, 0.15) is 13.3 Å². The van der Waals surface area contributed by atoms with Gasteiger partial charge in [-0.15, -0.1) is 0 Å². The molecule has 2 aliphatic heterocycles. The highest BCUT2D eigenvalue weighted by Gasteiger charge is 2.38. The van der Waals surface area contributed by atoms with E-state index in [-0.39, 0.29) is 12.1 Å². The van der Waals surface area contributed by atoms with Gasteiger partial charge in [0.2, 0.25) is 0 Å². The number of dihydropyridines is 1. The van der Waals surface area contributed by atoms with E-state index in [9.17, 15) is 18.0 Å². The first kappa shape index (κ1) is 20.4. The van der Waals surface area contributed by atoms with Crippen molar-refractivity contribution in [3.63, 3.8) is 0 Å². The lowest BCUT2D eigenvalue weighted by Crippen LogP contribution is -2.50. The summed E-state index contributed by atoms with van der Waals surface area (Å²) in [5, 5.41) is 1.92. The van der Waals surface area contributed by atoms with E-state index >= 15 is 0 Å². The second-order valence-corrected chi connectivity index (χ2v) is 7.26. The first-order valence-electron chi connectivity index (χ1n) is 9.27. The van der Waals surface area contributed by atoms with Crippen LogP contribution < -0.4 is 5.32 Å². The summed E-state index contributed by atoms with van der Waals surface area (Å²) in [4.78, 5) is 19.9. The standard InChI is InChI=1S/C19H25F3N4O2/c1-18-5-3-14(28-2)13-15(18)16(4-6-24-18)26-11-9-25(10-12-26)8-7-23-17(27)19(20,21)22/h3-4,6,13H,5,7-12H2,1-2H3,(H,23,27). The van der Waals surface area contributed by atoms with Crippen LogP contribution >= 0.6 is 0 Å². The van der Waals surface area contributed by atoms with Gasteiger partial charge in [-0.05, 0) is 31.6 Å². The van der Waals surface area contributed by atoms with Crippen molar-refractivity contribution in [3.05, 3.63) is 35.3 Å². The van der Waals surface area contributed by atoms with E-state index in [1.807, 2.05) is 29.8 Å². The van der Waals surface area contributed by atoms with Crippen LogP contribution in [-0.4, -0.2) is 80.0 Å². The monoisotopic (exact) mass is 398 g/mol. The van der Waals surface area contributed by atoms with Crippen molar-refractivity contribution in [2.45, 2.75) is 25.1 Å². The highest BCUT2D eigenvalue weighted by molar-refractivity contribution is 5.81. The van der Waals surface area contributed by atoms with Crippen molar-refractivity contribution < 1.29 is 22.7 Å². The maximum atomic E-state index is 12.2. The highest BCUT2D eigenvalue weighted by atomic mass is 19.4. The summed E-state index contributed by atoms with van der Waals surface area (Å²) in [7, 11) is 1.65. The summed E-state index contributed by atoms with van der Waals surface area (Å²) >= 11 is 0. The van der Waals surface area contributed by atoms with Gasteiger partial charge in [-0.2, -0.15) is 13.2 Å². The maximum Gasteiger partial charge on any atom is 0.471 e. The number of halogens is 3. The lowest BCUT2D eigenvalue weighted by Gasteiger charge is -2.42. The molecular formula is C19H25F3N4O2. The number of carbonyl (C=O) groups excluding carboxylic acids is 1. The molecule has 1 unspecified atom stereocenters. The fourth-order valence-corrected chi connectivity index (χ4v) is 3.66. The van der Waals surface area contributed by atoms with Gasteiger partial charge in [-0.1, -0.05) is 0 Å².